The van der Waals surface area contributed by atoms with Gasteiger partial charge in [-0.05, 0) is 37.3 Å². The molecule has 19 heavy (non-hydrogen) atoms. The molecule has 1 aromatic carbocycles. The molecule has 0 saturated heterocycles. The van der Waals surface area contributed by atoms with Gasteiger partial charge >= 0.3 is 0 Å². The number of hydrogen-bond acceptors (Lipinski definition) is 4. The van der Waals surface area contributed by atoms with Crippen molar-refractivity contribution in [1.82, 2.24) is 4.98 Å². The Morgan fingerprint density at radius 1 is 1.21 bits per heavy atom. The fourth-order valence-electron chi connectivity index (χ4n) is 1.53. The summed E-state index contributed by atoms with van der Waals surface area (Å²) < 4.78 is 26.6. The van der Waals surface area contributed by atoms with Crippen molar-refractivity contribution in [3.63, 3.8) is 0 Å². The predicted molar refractivity (Wildman–Crippen MR) is 70.9 cm³/mol. The fraction of sp³-hybridized carbons (Fsp3) is 0.0769. The SMILES string of the molecule is Cc1cccc(NS(=O)(=O)c2cccc(C#N)c2)n1. The van der Waals surface area contributed by atoms with Crippen LogP contribution in [-0.2, 0) is 10.0 Å². The molecule has 0 bridgehead atoms. The monoisotopic (exact) mass is 273 g/mol. The van der Waals surface area contributed by atoms with E-state index in [1.165, 1.54) is 18.2 Å². The minimum atomic E-state index is -3.73. The zero-order chi connectivity index (χ0) is 13.9. The summed E-state index contributed by atoms with van der Waals surface area (Å²) in [4.78, 5) is 4.11. The van der Waals surface area contributed by atoms with Gasteiger partial charge in [0.25, 0.3) is 10.0 Å². The van der Waals surface area contributed by atoms with Crippen LogP contribution in [-0.4, -0.2) is 13.4 Å². The van der Waals surface area contributed by atoms with Crippen LogP contribution < -0.4 is 4.72 Å². The van der Waals surface area contributed by atoms with Gasteiger partial charge in [0, 0.05) is 5.69 Å². The van der Waals surface area contributed by atoms with E-state index in [0.29, 0.717) is 11.3 Å². The largest absolute Gasteiger partial charge is 0.263 e. The normalized spacial score (nSPS) is 10.7. The van der Waals surface area contributed by atoms with Gasteiger partial charge in [0.15, 0.2) is 0 Å². The summed E-state index contributed by atoms with van der Waals surface area (Å²) in [6.07, 6.45) is 0. The maximum Gasteiger partial charge on any atom is 0.263 e. The van der Waals surface area contributed by atoms with Gasteiger partial charge in [-0.2, -0.15) is 5.26 Å². The van der Waals surface area contributed by atoms with Crippen LogP contribution in [0.4, 0.5) is 5.82 Å². The van der Waals surface area contributed by atoms with Crippen molar-refractivity contribution in [3.05, 3.63) is 53.7 Å². The summed E-state index contributed by atoms with van der Waals surface area (Å²) in [7, 11) is -3.73. The van der Waals surface area contributed by atoms with Gasteiger partial charge in [0.1, 0.15) is 5.82 Å². The van der Waals surface area contributed by atoms with E-state index >= 15 is 0 Å². The molecule has 0 aliphatic heterocycles. The summed E-state index contributed by atoms with van der Waals surface area (Å²) >= 11 is 0. The molecule has 1 heterocycles. The molecule has 0 aliphatic rings. The first kappa shape index (κ1) is 13.1. The third kappa shape index (κ3) is 3.09. The van der Waals surface area contributed by atoms with Gasteiger partial charge in [0.2, 0.25) is 0 Å². The lowest BCUT2D eigenvalue weighted by molar-refractivity contribution is 0.601. The average molecular weight is 273 g/mol. The number of aryl methyl sites for hydroxylation is 1. The molecular formula is C13H11N3O2S. The van der Waals surface area contributed by atoms with Gasteiger partial charge in [-0.3, -0.25) is 4.72 Å². The zero-order valence-corrected chi connectivity index (χ0v) is 11.0. The second kappa shape index (κ2) is 5.08. The number of nitrogens with zero attached hydrogens (tertiary/aromatic N) is 2. The van der Waals surface area contributed by atoms with E-state index < -0.39 is 10.0 Å². The van der Waals surface area contributed by atoms with Crippen LogP contribution in [0.1, 0.15) is 11.3 Å². The first-order valence-electron chi connectivity index (χ1n) is 5.48. The number of rotatable bonds is 3. The van der Waals surface area contributed by atoms with E-state index in [0.717, 1.165) is 0 Å². The predicted octanol–water partition coefficient (Wildman–Crippen LogP) is 2.06. The van der Waals surface area contributed by atoms with Crippen LogP contribution in [0.15, 0.2) is 47.4 Å². The lowest BCUT2D eigenvalue weighted by Gasteiger charge is -2.07. The van der Waals surface area contributed by atoms with Crippen molar-refractivity contribution >= 4 is 15.8 Å². The molecule has 0 amide bonds. The van der Waals surface area contributed by atoms with E-state index in [2.05, 4.69) is 9.71 Å². The minimum Gasteiger partial charge on any atom is -0.263 e. The number of hydrogen-bond donors (Lipinski definition) is 1. The highest BCUT2D eigenvalue weighted by atomic mass is 32.2. The van der Waals surface area contributed by atoms with Crippen molar-refractivity contribution in [1.29, 1.82) is 5.26 Å². The number of benzene rings is 1. The van der Waals surface area contributed by atoms with Crippen LogP contribution in [0, 0.1) is 18.3 Å². The molecule has 0 unspecified atom stereocenters. The quantitative estimate of drug-likeness (QED) is 0.927. The highest BCUT2D eigenvalue weighted by Crippen LogP contribution is 2.15. The van der Waals surface area contributed by atoms with Crippen LogP contribution in [0.3, 0.4) is 0 Å². The number of nitrogens with one attached hydrogen (secondary N) is 1. The third-order valence-electron chi connectivity index (χ3n) is 2.40. The van der Waals surface area contributed by atoms with Crippen molar-refractivity contribution in [2.45, 2.75) is 11.8 Å². The number of pyridine rings is 1. The molecule has 0 fully saturated rings. The fourth-order valence-corrected chi connectivity index (χ4v) is 2.58. The van der Waals surface area contributed by atoms with Gasteiger partial charge in [-0.15, -0.1) is 0 Å². The number of aromatic nitrogens is 1. The topological polar surface area (TPSA) is 82.9 Å². The maximum absolute atomic E-state index is 12.1. The summed E-state index contributed by atoms with van der Waals surface area (Å²) in [5, 5.41) is 8.78. The van der Waals surface area contributed by atoms with Crippen molar-refractivity contribution in [2.24, 2.45) is 0 Å². The van der Waals surface area contributed by atoms with E-state index in [1.807, 2.05) is 6.07 Å². The summed E-state index contributed by atoms with van der Waals surface area (Å²) in [5.41, 5.74) is 1.01. The van der Waals surface area contributed by atoms with Crippen molar-refractivity contribution in [2.75, 3.05) is 4.72 Å². The van der Waals surface area contributed by atoms with Crippen LogP contribution in [0.25, 0.3) is 0 Å². The first-order chi connectivity index (χ1) is 9.01. The molecule has 1 aromatic heterocycles. The summed E-state index contributed by atoms with van der Waals surface area (Å²) in [6, 6.07) is 12.8. The van der Waals surface area contributed by atoms with Gasteiger partial charge in [-0.1, -0.05) is 12.1 Å². The van der Waals surface area contributed by atoms with Crippen LogP contribution in [0.5, 0.6) is 0 Å². The Balaban J connectivity index is 2.35. The van der Waals surface area contributed by atoms with Gasteiger partial charge < -0.3 is 0 Å². The second-order valence-electron chi connectivity index (χ2n) is 3.91. The zero-order valence-electron chi connectivity index (χ0n) is 10.2. The van der Waals surface area contributed by atoms with Gasteiger partial charge in [-0.25, -0.2) is 13.4 Å². The number of nitriles is 1. The van der Waals surface area contributed by atoms with Gasteiger partial charge in [0.05, 0.1) is 16.5 Å². The van der Waals surface area contributed by atoms with Crippen molar-refractivity contribution in [3.8, 4) is 6.07 Å². The van der Waals surface area contributed by atoms with Crippen molar-refractivity contribution < 1.29 is 8.42 Å². The molecule has 0 atom stereocenters. The Bertz CT molecular complexity index is 748. The van der Waals surface area contributed by atoms with Crippen LogP contribution >= 0.6 is 0 Å². The number of anilines is 1. The molecule has 0 radical (unpaired) electrons. The second-order valence-corrected chi connectivity index (χ2v) is 5.59. The van der Waals surface area contributed by atoms with Crippen LogP contribution in [0.2, 0.25) is 0 Å². The molecule has 0 saturated carbocycles. The smallest absolute Gasteiger partial charge is 0.263 e. The van der Waals surface area contributed by atoms with E-state index in [-0.39, 0.29) is 10.7 Å². The lowest BCUT2D eigenvalue weighted by atomic mass is 10.2. The Morgan fingerprint density at radius 2 is 1.95 bits per heavy atom. The highest BCUT2D eigenvalue weighted by molar-refractivity contribution is 7.92. The Labute approximate surface area is 111 Å². The molecule has 96 valence electrons. The van der Waals surface area contributed by atoms with E-state index in [1.54, 1.807) is 31.2 Å². The highest BCUT2D eigenvalue weighted by Gasteiger charge is 2.15. The Hall–Kier alpha value is -2.39. The van der Waals surface area contributed by atoms with E-state index in [9.17, 15) is 8.42 Å². The first-order valence-corrected chi connectivity index (χ1v) is 6.96. The summed E-state index contributed by atoms with van der Waals surface area (Å²) in [5.74, 6) is 0.252. The molecule has 6 heteroatoms. The number of sulfonamides is 1. The molecular weight excluding hydrogens is 262 g/mol. The Morgan fingerprint density at radius 3 is 2.63 bits per heavy atom. The molecule has 5 nitrogen and oxygen atoms in total. The molecule has 0 spiro atoms. The summed E-state index contributed by atoms with van der Waals surface area (Å²) in [6.45, 7) is 1.77. The third-order valence-corrected chi connectivity index (χ3v) is 3.75. The lowest BCUT2D eigenvalue weighted by Crippen LogP contribution is -2.14. The molecule has 0 aliphatic carbocycles. The maximum atomic E-state index is 12.1. The van der Waals surface area contributed by atoms with E-state index in [4.69, 9.17) is 5.26 Å². The average Bonchev–Trinajstić information content (AvgIpc) is 2.38. The molecule has 2 aromatic rings. The minimum absolute atomic E-state index is 0.0369. The Kier molecular flexibility index (Phi) is 3.49. The standard InChI is InChI=1S/C13H11N3O2S/c1-10-4-2-7-13(15-10)16-19(17,18)12-6-3-5-11(8-12)9-14/h2-8H,1H3,(H,15,16). The molecule has 2 rings (SSSR count). The molecule has 1 N–H and O–H groups in total.